The molecule has 0 saturated carbocycles. The van der Waals surface area contributed by atoms with Gasteiger partial charge in [0.1, 0.15) is 5.82 Å². The molecule has 126 valence electrons. The van der Waals surface area contributed by atoms with Crippen LogP contribution < -0.4 is 10.6 Å². The molecule has 0 aliphatic carbocycles. The van der Waals surface area contributed by atoms with Crippen LogP contribution in [0.25, 0.3) is 0 Å². The summed E-state index contributed by atoms with van der Waals surface area (Å²) in [5, 5.41) is 17.1. The second kappa shape index (κ2) is 8.61. The molecule has 7 heteroatoms. The molecule has 0 atom stereocenters. The number of nitrogens with one attached hydrogen (secondary N) is 2. The first kappa shape index (κ1) is 17.4. The van der Waals surface area contributed by atoms with Gasteiger partial charge in [0.15, 0.2) is 5.96 Å². The molecule has 0 saturated heterocycles. The highest BCUT2D eigenvalue weighted by molar-refractivity contribution is 5.79. The van der Waals surface area contributed by atoms with Crippen LogP contribution in [0.2, 0.25) is 0 Å². The summed E-state index contributed by atoms with van der Waals surface area (Å²) in [7, 11) is 0. The van der Waals surface area contributed by atoms with Gasteiger partial charge < -0.3 is 10.6 Å². The van der Waals surface area contributed by atoms with E-state index in [0.29, 0.717) is 23.6 Å². The third-order valence-corrected chi connectivity index (χ3v) is 3.34. The molecule has 2 aromatic carbocycles. The van der Waals surface area contributed by atoms with E-state index in [1.54, 1.807) is 36.4 Å². The van der Waals surface area contributed by atoms with Crippen molar-refractivity contribution in [1.29, 1.82) is 0 Å². The summed E-state index contributed by atoms with van der Waals surface area (Å²) in [6.07, 6.45) is 0. The van der Waals surface area contributed by atoms with E-state index in [-0.39, 0.29) is 24.6 Å². The summed E-state index contributed by atoms with van der Waals surface area (Å²) in [5.41, 5.74) is 1.09. The fourth-order valence-corrected chi connectivity index (χ4v) is 2.15. The van der Waals surface area contributed by atoms with Crippen molar-refractivity contribution in [3.63, 3.8) is 0 Å². The Balaban J connectivity index is 2.08. The Morgan fingerprint density at radius 3 is 2.46 bits per heavy atom. The van der Waals surface area contributed by atoms with Crippen LogP contribution in [0.1, 0.15) is 18.1 Å². The van der Waals surface area contributed by atoms with E-state index in [1.807, 2.05) is 6.92 Å². The topological polar surface area (TPSA) is 79.6 Å². The molecule has 0 aromatic heterocycles. The van der Waals surface area contributed by atoms with Crippen LogP contribution in [-0.2, 0) is 13.1 Å². The van der Waals surface area contributed by atoms with Gasteiger partial charge in [-0.05, 0) is 13.0 Å². The monoisotopic (exact) mass is 330 g/mol. The van der Waals surface area contributed by atoms with Crippen LogP contribution in [-0.4, -0.2) is 17.4 Å². The van der Waals surface area contributed by atoms with Gasteiger partial charge in [0, 0.05) is 30.3 Å². The number of halogens is 1. The van der Waals surface area contributed by atoms with Crippen LogP contribution in [0.5, 0.6) is 0 Å². The molecule has 0 aliphatic heterocycles. The molecule has 0 unspecified atom stereocenters. The highest BCUT2D eigenvalue weighted by atomic mass is 19.1. The molecule has 0 spiro atoms. The first-order chi connectivity index (χ1) is 11.6. The Morgan fingerprint density at radius 1 is 1.12 bits per heavy atom. The van der Waals surface area contributed by atoms with E-state index >= 15 is 0 Å². The number of nitrogens with zero attached hydrogens (tertiary/aromatic N) is 2. The molecule has 6 nitrogen and oxygen atoms in total. The molecule has 0 aliphatic rings. The fourth-order valence-electron chi connectivity index (χ4n) is 2.15. The van der Waals surface area contributed by atoms with Crippen molar-refractivity contribution in [3.8, 4) is 0 Å². The Kier molecular flexibility index (Phi) is 6.24. The fraction of sp³-hybridized carbons (Fsp3) is 0.235. The molecule has 0 radical (unpaired) electrons. The van der Waals surface area contributed by atoms with Gasteiger partial charge in [0.2, 0.25) is 0 Å². The predicted octanol–water partition coefficient (Wildman–Crippen LogP) is 2.99. The van der Waals surface area contributed by atoms with E-state index in [1.165, 1.54) is 12.1 Å². The number of benzene rings is 2. The predicted molar refractivity (Wildman–Crippen MR) is 91.2 cm³/mol. The third kappa shape index (κ3) is 4.77. The number of para-hydroxylation sites is 1. The van der Waals surface area contributed by atoms with Crippen LogP contribution >= 0.6 is 0 Å². The maximum atomic E-state index is 13.6. The van der Waals surface area contributed by atoms with Gasteiger partial charge in [0.25, 0.3) is 5.69 Å². The van der Waals surface area contributed by atoms with Gasteiger partial charge >= 0.3 is 0 Å². The van der Waals surface area contributed by atoms with Crippen molar-refractivity contribution in [2.24, 2.45) is 4.99 Å². The number of hydrogen-bond acceptors (Lipinski definition) is 3. The third-order valence-electron chi connectivity index (χ3n) is 3.34. The van der Waals surface area contributed by atoms with Crippen molar-refractivity contribution >= 4 is 11.6 Å². The second-order valence-corrected chi connectivity index (χ2v) is 5.03. The van der Waals surface area contributed by atoms with E-state index < -0.39 is 4.92 Å². The molecule has 2 rings (SSSR count). The zero-order valence-electron chi connectivity index (χ0n) is 13.3. The maximum Gasteiger partial charge on any atom is 0.274 e. The van der Waals surface area contributed by atoms with Gasteiger partial charge in [-0.15, -0.1) is 0 Å². The average Bonchev–Trinajstić information content (AvgIpc) is 2.58. The lowest BCUT2D eigenvalue weighted by atomic mass is 10.2. The first-order valence-corrected chi connectivity index (χ1v) is 7.59. The van der Waals surface area contributed by atoms with Crippen LogP contribution in [0, 0.1) is 15.9 Å². The lowest BCUT2D eigenvalue weighted by Gasteiger charge is -2.11. The summed E-state index contributed by atoms with van der Waals surface area (Å²) < 4.78 is 13.6. The maximum absolute atomic E-state index is 13.6. The normalized spacial score (nSPS) is 11.2. The zero-order valence-corrected chi connectivity index (χ0v) is 13.3. The van der Waals surface area contributed by atoms with E-state index in [4.69, 9.17) is 0 Å². The summed E-state index contributed by atoms with van der Waals surface area (Å²) in [5.74, 6) is 0.162. The molecular formula is C17H19FN4O2. The minimum absolute atomic E-state index is 0.0509. The number of guanidine groups is 1. The SMILES string of the molecule is CCNC(=NCc1ccccc1F)NCc1ccccc1[N+](=O)[O-]. The van der Waals surface area contributed by atoms with Crippen molar-refractivity contribution in [2.45, 2.75) is 20.0 Å². The Morgan fingerprint density at radius 2 is 1.79 bits per heavy atom. The van der Waals surface area contributed by atoms with Gasteiger partial charge in [0.05, 0.1) is 11.5 Å². The second-order valence-electron chi connectivity index (χ2n) is 5.03. The van der Waals surface area contributed by atoms with E-state index in [9.17, 15) is 14.5 Å². The minimum atomic E-state index is -0.416. The van der Waals surface area contributed by atoms with Gasteiger partial charge in [-0.2, -0.15) is 0 Å². The largest absolute Gasteiger partial charge is 0.357 e. The Hall–Kier alpha value is -2.96. The smallest absolute Gasteiger partial charge is 0.274 e. The van der Waals surface area contributed by atoms with Gasteiger partial charge in [-0.3, -0.25) is 10.1 Å². The van der Waals surface area contributed by atoms with Gasteiger partial charge in [-0.25, -0.2) is 9.38 Å². The highest BCUT2D eigenvalue weighted by Crippen LogP contribution is 2.17. The quantitative estimate of drug-likeness (QED) is 0.369. The van der Waals surface area contributed by atoms with Crippen molar-refractivity contribution < 1.29 is 9.31 Å². The molecule has 0 bridgehead atoms. The summed E-state index contributed by atoms with van der Waals surface area (Å²) in [6, 6.07) is 12.9. The first-order valence-electron chi connectivity index (χ1n) is 7.59. The lowest BCUT2D eigenvalue weighted by Crippen LogP contribution is -2.36. The number of rotatable bonds is 6. The molecule has 2 aromatic rings. The van der Waals surface area contributed by atoms with Crippen LogP contribution in [0.15, 0.2) is 53.5 Å². The summed E-state index contributed by atoms with van der Waals surface area (Å²) >= 11 is 0. The average molecular weight is 330 g/mol. The van der Waals surface area contributed by atoms with E-state index in [2.05, 4.69) is 15.6 Å². The Bertz CT molecular complexity index is 734. The van der Waals surface area contributed by atoms with Crippen LogP contribution in [0.3, 0.4) is 0 Å². The number of hydrogen-bond donors (Lipinski definition) is 2. The van der Waals surface area contributed by atoms with Crippen LogP contribution in [0.4, 0.5) is 10.1 Å². The molecule has 0 heterocycles. The lowest BCUT2D eigenvalue weighted by molar-refractivity contribution is -0.385. The van der Waals surface area contributed by atoms with E-state index in [0.717, 1.165) is 0 Å². The molecule has 24 heavy (non-hydrogen) atoms. The van der Waals surface area contributed by atoms with Crippen molar-refractivity contribution in [1.82, 2.24) is 10.6 Å². The van der Waals surface area contributed by atoms with Crippen molar-refractivity contribution in [3.05, 3.63) is 75.6 Å². The summed E-state index contributed by atoms with van der Waals surface area (Å²) in [6.45, 7) is 2.96. The number of nitro benzene ring substituents is 1. The molecule has 2 N–H and O–H groups in total. The molecule has 0 fully saturated rings. The highest BCUT2D eigenvalue weighted by Gasteiger charge is 2.12. The number of aliphatic imine (C=N–C) groups is 1. The number of nitro groups is 1. The molecular weight excluding hydrogens is 311 g/mol. The van der Waals surface area contributed by atoms with Crippen molar-refractivity contribution in [2.75, 3.05) is 6.54 Å². The standard InChI is InChI=1S/C17H19FN4O2/c1-2-19-17(20-11-13-7-3-5-9-15(13)18)21-12-14-8-4-6-10-16(14)22(23)24/h3-10H,2,11-12H2,1H3,(H2,19,20,21). The van der Waals surface area contributed by atoms with Gasteiger partial charge in [-0.1, -0.05) is 36.4 Å². The minimum Gasteiger partial charge on any atom is -0.357 e. The summed E-state index contributed by atoms with van der Waals surface area (Å²) in [4.78, 5) is 14.9. The Labute approximate surface area is 139 Å². The zero-order chi connectivity index (χ0) is 17.4. The molecule has 0 amide bonds.